The van der Waals surface area contributed by atoms with Crippen LogP contribution in [0, 0.1) is 0 Å². The Labute approximate surface area is 414 Å². The van der Waals surface area contributed by atoms with Crippen molar-refractivity contribution in [2.75, 3.05) is 111 Å². The van der Waals surface area contributed by atoms with Gasteiger partial charge in [0, 0.05) is 50.5 Å². The first-order valence-corrected chi connectivity index (χ1v) is 23.8. The van der Waals surface area contributed by atoms with Crippen molar-refractivity contribution in [3.05, 3.63) is 87.7 Å². The molecule has 5 heterocycles. The lowest BCUT2D eigenvalue weighted by Gasteiger charge is -2.24. The smallest absolute Gasteiger partial charge is 0.0780 e. The van der Waals surface area contributed by atoms with Crippen LogP contribution < -0.4 is 60.3 Å². The van der Waals surface area contributed by atoms with Crippen molar-refractivity contribution in [1.29, 1.82) is 0 Å². The zero-order valence-electron chi connectivity index (χ0n) is 42.1. The number of hydrogen-bond acceptors (Lipinski definition) is 1. The molecule has 3 aromatic rings. The molecule has 1 atom stereocenters. The van der Waals surface area contributed by atoms with Crippen LogP contribution >= 0.6 is 0 Å². The van der Waals surface area contributed by atoms with Gasteiger partial charge in [0.15, 0.2) is 0 Å². The maximum atomic E-state index is 5.54. The predicted molar refractivity (Wildman–Crippen MR) is 258 cm³/mol. The van der Waals surface area contributed by atoms with E-state index in [0.29, 0.717) is 0 Å². The number of nitrogens with zero attached hydrogens (tertiary/aromatic N) is 5. The Bertz CT molecular complexity index is 2040. The second-order valence-corrected chi connectivity index (χ2v) is 22.5. The fraction of sp³-hybridized carbons (Fsp3) is 0.635. The Morgan fingerprint density at radius 1 is 0.406 bits per heavy atom. The minimum absolute atomic E-state index is 0. The molecule has 0 aromatic carbocycles. The molecule has 0 spiro atoms. The molecule has 8 bridgehead atoms. The van der Waals surface area contributed by atoms with E-state index in [0.717, 1.165) is 61.4 Å². The third-order valence-corrected chi connectivity index (χ3v) is 12.5. The van der Waals surface area contributed by atoms with Crippen LogP contribution in [-0.2, 0) is 0 Å². The summed E-state index contributed by atoms with van der Waals surface area (Å²) in [6.07, 6.45) is 23.5. The lowest BCUT2D eigenvalue weighted by Crippen LogP contribution is -3.00. The fourth-order valence-electron chi connectivity index (χ4n) is 9.03. The highest BCUT2D eigenvalue weighted by Crippen LogP contribution is 2.35. The number of allylic oxidation sites excluding steroid dienone is 3. The van der Waals surface area contributed by atoms with Crippen LogP contribution in [0.4, 0.5) is 0 Å². The average Bonchev–Trinajstić information content (AvgIpc) is 3.97. The maximum Gasteiger partial charge on any atom is 0.0780 e. The van der Waals surface area contributed by atoms with Crippen molar-refractivity contribution in [1.82, 2.24) is 15.0 Å². The number of rotatable bonds is 24. The molecule has 0 aliphatic carbocycles. The number of aromatic nitrogens is 3. The van der Waals surface area contributed by atoms with Gasteiger partial charge in [0.1, 0.15) is 0 Å². The highest BCUT2D eigenvalue weighted by molar-refractivity contribution is 6.26. The second kappa shape index (κ2) is 26.9. The highest BCUT2D eigenvalue weighted by Gasteiger charge is 2.23. The SMILES string of the molecule is C[N+](C)(C)CCCCCC1=C2C=CC(=N2)C(CCCCC[N+](C)(C)C)=c2ccc([nH]2)=C(CCCCC[N+](C)(C)C)c2ccc([nH]2)C(CCCCC[N+](C)(C)C)c2ccc1[nH]2.[Cl-].[Cl-].[Cl-].[Cl-]. The van der Waals surface area contributed by atoms with E-state index in [1.807, 2.05) is 0 Å². The predicted octanol–water partition coefficient (Wildman–Crippen LogP) is -3.03. The molecule has 0 saturated carbocycles. The molecule has 8 nitrogen and oxygen atoms in total. The number of hydrogen-bond donors (Lipinski definition) is 3. The Hall–Kier alpha value is -2.27. The van der Waals surface area contributed by atoms with Crippen molar-refractivity contribution in [2.24, 2.45) is 4.99 Å². The van der Waals surface area contributed by atoms with Crippen LogP contribution in [0.15, 0.2) is 59.2 Å². The molecule has 364 valence electrons. The molecule has 3 N–H and O–H groups in total. The normalized spacial score (nSPS) is 15.4. The molecule has 5 rings (SSSR count). The van der Waals surface area contributed by atoms with Gasteiger partial charge < -0.3 is 82.5 Å². The number of nitrogens with one attached hydrogen (secondary N) is 3. The molecule has 0 saturated heterocycles. The molecule has 2 aliphatic rings. The van der Waals surface area contributed by atoms with Gasteiger partial charge in [-0.15, -0.1) is 0 Å². The highest BCUT2D eigenvalue weighted by atomic mass is 35.5. The first-order chi connectivity index (χ1) is 28.2. The van der Waals surface area contributed by atoms with E-state index >= 15 is 0 Å². The molecular formula is C52H88Cl4N8. The van der Waals surface area contributed by atoms with Crippen molar-refractivity contribution < 1.29 is 67.6 Å². The fourth-order valence-corrected chi connectivity index (χ4v) is 9.03. The number of aliphatic imine (C=N–C) groups is 1. The zero-order chi connectivity index (χ0) is 43.6. The van der Waals surface area contributed by atoms with Gasteiger partial charge in [-0.2, -0.15) is 0 Å². The van der Waals surface area contributed by atoms with Crippen molar-refractivity contribution in [3.8, 4) is 0 Å². The summed E-state index contributed by atoms with van der Waals surface area (Å²) in [6, 6.07) is 14.2. The Kier molecular flexibility index (Phi) is 25.1. The van der Waals surface area contributed by atoms with Gasteiger partial charge in [-0.1, -0.05) is 6.42 Å². The van der Waals surface area contributed by atoms with Crippen molar-refractivity contribution >= 4 is 22.4 Å². The molecule has 0 radical (unpaired) electrons. The number of H-pyrrole nitrogens is 3. The molecule has 0 amide bonds. The Morgan fingerprint density at radius 3 is 1.25 bits per heavy atom. The molecule has 2 aliphatic heterocycles. The summed E-state index contributed by atoms with van der Waals surface area (Å²) in [6.45, 7) is 4.83. The van der Waals surface area contributed by atoms with Crippen molar-refractivity contribution in [3.63, 3.8) is 0 Å². The third-order valence-electron chi connectivity index (χ3n) is 12.5. The molecule has 0 fully saturated rings. The summed E-state index contributed by atoms with van der Waals surface area (Å²) in [7, 11) is 27.7. The maximum absolute atomic E-state index is 5.54. The van der Waals surface area contributed by atoms with Crippen molar-refractivity contribution in [2.45, 2.75) is 109 Å². The standard InChI is InChI=1S/C52H88N8.4ClH/c1-57(2,3)37-21-13-17-25-41-45-29-31-47(53-45)42(26-18-14-22-38-58(4,5)6)49-33-35-51(55-49)44(28-20-16-24-40-60(10,11)12)52-36-34-50(56-52)43(48-32-30-46(41)54-48)27-19-15-23-39-59(7,8)9;;;;/h29-36,41,53-55H,13-28,37-40H2,1-12H3;4*1H/q+4;;;;/p-4. The van der Waals surface area contributed by atoms with Gasteiger partial charge in [-0.05, 0) is 150 Å². The Morgan fingerprint density at radius 2 is 0.797 bits per heavy atom. The van der Waals surface area contributed by atoms with Crippen LogP contribution in [0.1, 0.15) is 131 Å². The Balaban J connectivity index is 0.00000512. The minimum Gasteiger partial charge on any atom is -1.00 e. The molecule has 1 unspecified atom stereocenters. The zero-order valence-corrected chi connectivity index (χ0v) is 45.1. The topological polar surface area (TPSA) is 59.7 Å². The number of fused-ring (bicyclic) bond motifs is 7. The van der Waals surface area contributed by atoms with Gasteiger partial charge >= 0.3 is 0 Å². The van der Waals surface area contributed by atoms with Gasteiger partial charge in [0.25, 0.3) is 0 Å². The number of quaternary nitrogens is 4. The van der Waals surface area contributed by atoms with Crippen LogP contribution in [0.3, 0.4) is 0 Å². The van der Waals surface area contributed by atoms with E-state index in [1.54, 1.807) is 0 Å². The number of aromatic amines is 3. The molecule has 64 heavy (non-hydrogen) atoms. The van der Waals surface area contributed by atoms with E-state index in [9.17, 15) is 0 Å². The van der Waals surface area contributed by atoms with E-state index in [-0.39, 0.29) is 55.5 Å². The number of halogens is 4. The van der Waals surface area contributed by atoms with Crippen LogP contribution in [-0.4, -0.2) is 149 Å². The average molecular weight is 967 g/mol. The second-order valence-electron chi connectivity index (χ2n) is 22.5. The quantitative estimate of drug-likeness (QED) is 0.0634. The lowest BCUT2D eigenvalue weighted by molar-refractivity contribution is -0.870. The monoisotopic (exact) mass is 965 g/mol. The van der Waals surface area contributed by atoms with Gasteiger partial charge in [-0.3, -0.25) is 0 Å². The van der Waals surface area contributed by atoms with Gasteiger partial charge in [0.05, 0.1) is 122 Å². The van der Waals surface area contributed by atoms with E-state index in [4.69, 9.17) is 4.99 Å². The summed E-state index contributed by atoms with van der Waals surface area (Å²) < 4.78 is 4.09. The van der Waals surface area contributed by atoms with Crippen LogP contribution in [0.25, 0.3) is 16.7 Å². The van der Waals surface area contributed by atoms with Gasteiger partial charge in [0.2, 0.25) is 0 Å². The summed E-state index contributed by atoms with van der Waals surface area (Å²) in [5, 5.41) is 2.46. The van der Waals surface area contributed by atoms with E-state index in [1.165, 1.54) is 147 Å². The minimum atomic E-state index is 0. The summed E-state index contributed by atoms with van der Waals surface area (Å²) in [4.78, 5) is 17.6. The van der Waals surface area contributed by atoms with Crippen LogP contribution in [0.2, 0.25) is 0 Å². The summed E-state index contributed by atoms with van der Waals surface area (Å²) in [5.41, 5.74) is 11.5. The van der Waals surface area contributed by atoms with Gasteiger partial charge in [-0.25, -0.2) is 4.99 Å². The molecule has 3 aromatic heterocycles. The van der Waals surface area contributed by atoms with Crippen LogP contribution in [0.5, 0.6) is 0 Å². The lowest BCUT2D eigenvalue weighted by atomic mass is 9.94. The first kappa shape index (κ1) is 59.7. The third kappa shape index (κ3) is 19.9. The molecular weight excluding hydrogens is 878 g/mol. The van der Waals surface area contributed by atoms with E-state index < -0.39 is 0 Å². The summed E-state index contributed by atoms with van der Waals surface area (Å²) in [5.74, 6) is 0.278. The molecule has 12 heteroatoms. The summed E-state index contributed by atoms with van der Waals surface area (Å²) >= 11 is 0. The number of unbranched alkanes of at least 4 members (excludes halogenated alkanes) is 8. The first-order valence-electron chi connectivity index (χ1n) is 23.8. The largest absolute Gasteiger partial charge is 1.00 e. The van der Waals surface area contributed by atoms with E-state index in [2.05, 4.69) is 148 Å².